The summed E-state index contributed by atoms with van der Waals surface area (Å²) in [4.78, 5) is 11.9. The van der Waals surface area contributed by atoms with Gasteiger partial charge in [0.05, 0.1) is 6.61 Å². The zero-order chi connectivity index (χ0) is 20.3. The first-order valence-electron chi connectivity index (χ1n) is 9.36. The molecule has 0 bridgehead atoms. The van der Waals surface area contributed by atoms with Crippen molar-refractivity contribution in [3.63, 3.8) is 0 Å². The van der Waals surface area contributed by atoms with Gasteiger partial charge in [-0.25, -0.2) is 0 Å². The number of aliphatic hydroxyl groups excluding tert-OH is 1. The van der Waals surface area contributed by atoms with Gasteiger partial charge in [0.15, 0.2) is 0 Å². The molecule has 0 fully saturated rings. The summed E-state index contributed by atoms with van der Waals surface area (Å²) in [5.74, 6) is 5.71. The lowest BCUT2D eigenvalue weighted by Gasteiger charge is -2.17. The molecule has 4 heteroatoms. The van der Waals surface area contributed by atoms with E-state index in [1.165, 1.54) is 16.7 Å². The molecule has 0 heterocycles. The van der Waals surface area contributed by atoms with Crippen LogP contribution >= 0.6 is 0 Å². The van der Waals surface area contributed by atoms with Crippen molar-refractivity contribution >= 4 is 12.0 Å². The van der Waals surface area contributed by atoms with E-state index in [0.29, 0.717) is 6.54 Å². The Hall–Kier alpha value is -2.35. The first kappa shape index (κ1) is 22.7. The third-order valence-electron chi connectivity index (χ3n) is 4.25. The molecule has 0 saturated carbocycles. The Morgan fingerprint density at radius 2 is 2.11 bits per heavy atom. The predicted molar refractivity (Wildman–Crippen MR) is 113 cm³/mol. The number of hydrogen-bond donors (Lipinski definition) is 3. The van der Waals surface area contributed by atoms with Crippen LogP contribution in [0.25, 0.3) is 6.08 Å². The minimum Gasteiger partial charge on any atom is -0.395 e. The molecule has 1 amide bonds. The minimum absolute atomic E-state index is 0.0737. The highest BCUT2D eigenvalue weighted by atomic mass is 16.3. The van der Waals surface area contributed by atoms with E-state index < -0.39 is 5.41 Å². The Morgan fingerprint density at radius 3 is 2.78 bits per heavy atom. The molecule has 0 saturated heterocycles. The molecule has 0 aliphatic heterocycles. The molecule has 1 aromatic rings. The largest absolute Gasteiger partial charge is 0.395 e. The molecule has 3 N–H and O–H groups in total. The highest BCUT2D eigenvalue weighted by molar-refractivity contribution is 5.85. The third-order valence-corrected chi connectivity index (χ3v) is 4.25. The van der Waals surface area contributed by atoms with E-state index in [1.807, 2.05) is 13.0 Å². The van der Waals surface area contributed by atoms with Crippen LogP contribution in [0.3, 0.4) is 0 Å². The average molecular weight is 369 g/mol. The van der Waals surface area contributed by atoms with Crippen molar-refractivity contribution in [1.82, 2.24) is 10.6 Å². The van der Waals surface area contributed by atoms with Crippen molar-refractivity contribution in [1.29, 1.82) is 0 Å². The Morgan fingerprint density at radius 1 is 1.37 bits per heavy atom. The molecule has 1 unspecified atom stereocenters. The quantitative estimate of drug-likeness (QED) is 0.617. The van der Waals surface area contributed by atoms with Crippen molar-refractivity contribution < 1.29 is 9.90 Å². The van der Waals surface area contributed by atoms with E-state index in [9.17, 15) is 4.79 Å². The molecule has 1 rings (SSSR count). The summed E-state index contributed by atoms with van der Waals surface area (Å²) in [7, 11) is 0. The number of aliphatic hydroxyl groups is 1. The van der Waals surface area contributed by atoms with E-state index in [4.69, 9.17) is 5.11 Å². The van der Waals surface area contributed by atoms with Crippen LogP contribution in [0.4, 0.5) is 0 Å². The van der Waals surface area contributed by atoms with Crippen LogP contribution in [0.1, 0.15) is 50.4 Å². The lowest BCUT2D eigenvalue weighted by atomic mass is 9.93. The third kappa shape index (κ3) is 7.42. The van der Waals surface area contributed by atoms with Crippen molar-refractivity contribution in [3.8, 4) is 11.8 Å². The first-order chi connectivity index (χ1) is 12.8. The van der Waals surface area contributed by atoms with Gasteiger partial charge in [-0.3, -0.25) is 4.79 Å². The van der Waals surface area contributed by atoms with Crippen LogP contribution in [0.15, 0.2) is 36.4 Å². The highest BCUT2D eigenvalue weighted by Gasteiger charge is 2.24. The number of amides is 1. The van der Waals surface area contributed by atoms with Gasteiger partial charge in [-0.15, -0.1) is 0 Å². The van der Waals surface area contributed by atoms with Crippen LogP contribution in [0.2, 0.25) is 0 Å². The van der Waals surface area contributed by atoms with Gasteiger partial charge in [-0.2, -0.15) is 0 Å². The lowest BCUT2D eigenvalue weighted by Crippen LogP contribution is -2.37. The van der Waals surface area contributed by atoms with E-state index in [0.717, 1.165) is 0 Å². The molecule has 1 aromatic carbocycles. The van der Waals surface area contributed by atoms with Gasteiger partial charge in [0.1, 0.15) is 5.41 Å². The number of nitrogens with one attached hydrogen (secondary N) is 2. The molecular weight excluding hydrogens is 336 g/mol. The monoisotopic (exact) mass is 368 g/mol. The number of rotatable bonds is 8. The van der Waals surface area contributed by atoms with Gasteiger partial charge in [0, 0.05) is 19.1 Å². The van der Waals surface area contributed by atoms with E-state index >= 15 is 0 Å². The lowest BCUT2D eigenvalue weighted by molar-refractivity contribution is -0.126. The van der Waals surface area contributed by atoms with Gasteiger partial charge >= 0.3 is 0 Å². The van der Waals surface area contributed by atoms with Crippen LogP contribution in [-0.2, 0) is 4.79 Å². The predicted octanol–water partition coefficient (Wildman–Crippen LogP) is 3.37. The summed E-state index contributed by atoms with van der Waals surface area (Å²) < 4.78 is 0. The molecule has 0 aromatic heterocycles. The van der Waals surface area contributed by atoms with E-state index in [2.05, 4.69) is 66.7 Å². The maximum atomic E-state index is 11.9. The number of hydrogen-bond acceptors (Lipinski definition) is 3. The number of benzene rings is 1. The second kappa shape index (κ2) is 11.4. The summed E-state index contributed by atoms with van der Waals surface area (Å²) in [5.41, 5.74) is 3.01. The van der Waals surface area contributed by atoms with Crippen LogP contribution in [0, 0.1) is 24.2 Å². The maximum Gasteiger partial charge on any atom is 0.237 e. The Kier molecular flexibility index (Phi) is 9.56. The van der Waals surface area contributed by atoms with Crippen LogP contribution in [0.5, 0.6) is 0 Å². The molecule has 146 valence electrons. The van der Waals surface area contributed by atoms with Crippen LogP contribution in [-0.4, -0.2) is 30.7 Å². The molecule has 0 aliphatic rings. The Bertz CT molecular complexity index is 736. The second-order valence-electron chi connectivity index (χ2n) is 6.98. The zero-order valence-corrected chi connectivity index (χ0v) is 17.1. The first-order valence-corrected chi connectivity index (χ1v) is 9.36. The molecule has 0 aliphatic carbocycles. The average Bonchev–Trinajstić information content (AvgIpc) is 2.64. The topological polar surface area (TPSA) is 61.4 Å². The summed E-state index contributed by atoms with van der Waals surface area (Å²) in [6.07, 6.45) is 7.93. The van der Waals surface area contributed by atoms with E-state index in [1.54, 1.807) is 19.9 Å². The number of carbonyl (C=O) groups is 1. The number of allylic oxidation sites excluding steroid dienone is 2. The fourth-order valence-electron chi connectivity index (χ4n) is 2.62. The SMILES string of the molecule is C/C=C\c1c(C)cccc1C(C)NC/C=C/C#CC(C)(C)C(=O)NCCO. The van der Waals surface area contributed by atoms with Crippen molar-refractivity contribution in [2.75, 3.05) is 19.7 Å². The fraction of sp³-hybridized carbons (Fsp3) is 0.435. The summed E-state index contributed by atoms with van der Waals surface area (Å²) in [6, 6.07) is 6.58. The molecule has 0 spiro atoms. The second-order valence-corrected chi connectivity index (χ2v) is 6.98. The molecule has 27 heavy (non-hydrogen) atoms. The van der Waals surface area contributed by atoms with Crippen molar-refractivity contribution in [3.05, 3.63) is 53.1 Å². The van der Waals surface area contributed by atoms with Crippen LogP contribution < -0.4 is 10.6 Å². The van der Waals surface area contributed by atoms with Gasteiger partial charge in [0.2, 0.25) is 5.91 Å². The Labute approximate surface area is 163 Å². The van der Waals surface area contributed by atoms with Gasteiger partial charge in [-0.05, 0) is 57.4 Å². The molecule has 4 nitrogen and oxygen atoms in total. The fourth-order valence-corrected chi connectivity index (χ4v) is 2.62. The molecule has 1 atom stereocenters. The molecule has 0 radical (unpaired) electrons. The van der Waals surface area contributed by atoms with Crippen molar-refractivity contribution in [2.24, 2.45) is 5.41 Å². The van der Waals surface area contributed by atoms with Gasteiger partial charge in [0.25, 0.3) is 0 Å². The molecular formula is C23H32N2O2. The number of carbonyl (C=O) groups excluding carboxylic acids is 1. The van der Waals surface area contributed by atoms with E-state index in [-0.39, 0.29) is 25.1 Å². The normalized spacial score (nSPS) is 12.8. The van der Waals surface area contributed by atoms with Crippen molar-refractivity contribution in [2.45, 2.75) is 40.7 Å². The summed E-state index contributed by atoms with van der Waals surface area (Å²) in [6.45, 7) is 10.7. The van der Waals surface area contributed by atoms with Gasteiger partial charge < -0.3 is 15.7 Å². The Balaban J connectivity index is 2.62. The van der Waals surface area contributed by atoms with Gasteiger partial charge in [-0.1, -0.05) is 48.3 Å². The zero-order valence-electron chi connectivity index (χ0n) is 17.1. The minimum atomic E-state index is -0.789. The maximum absolute atomic E-state index is 11.9. The standard InChI is InChI=1S/C23H32N2O2/c1-6-11-20-18(2)12-10-13-21(20)19(3)24-15-9-7-8-14-23(4,5)22(27)25-16-17-26/h6-7,9-13,19,24,26H,15-17H2,1-5H3,(H,25,27)/b9-7+,11-6-. The highest BCUT2D eigenvalue weighted by Crippen LogP contribution is 2.22. The number of aryl methyl sites for hydroxylation is 1. The summed E-state index contributed by atoms with van der Waals surface area (Å²) in [5, 5.41) is 14.9. The smallest absolute Gasteiger partial charge is 0.237 e. The summed E-state index contributed by atoms with van der Waals surface area (Å²) >= 11 is 0.